The number of nitrogens with zero attached hydrogens (tertiary/aromatic N) is 3. The van der Waals surface area contributed by atoms with E-state index in [9.17, 15) is 0 Å². The third-order valence-corrected chi connectivity index (χ3v) is 3.64. The molecule has 0 saturated carbocycles. The van der Waals surface area contributed by atoms with Crippen LogP contribution in [0.4, 0.5) is 0 Å². The van der Waals surface area contributed by atoms with Gasteiger partial charge in [0.15, 0.2) is 0 Å². The smallest absolute Gasteiger partial charge is 0.141 e. The number of halogens is 1. The summed E-state index contributed by atoms with van der Waals surface area (Å²) in [7, 11) is 0. The lowest BCUT2D eigenvalue weighted by Gasteiger charge is -2.06. The third-order valence-electron chi connectivity index (χ3n) is 3.22. The Balaban J connectivity index is 2.40. The van der Waals surface area contributed by atoms with Crippen molar-refractivity contribution in [1.29, 1.82) is 5.26 Å². The van der Waals surface area contributed by atoms with Gasteiger partial charge in [-0.25, -0.2) is 4.98 Å². The fraction of sp³-hybridized carbons (Fsp3) is 0.375. The second-order valence-corrected chi connectivity index (χ2v) is 5.06. The lowest BCUT2D eigenvalue weighted by molar-refractivity contribution is 0.720. The number of unbranched alkanes of at least 4 members (excludes halogenated alkanes) is 1. The summed E-state index contributed by atoms with van der Waals surface area (Å²) in [5.74, 6) is 0.858. The van der Waals surface area contributed by atoms with Gasteiger partial charge in [0.25, 0.3) is 0 Å². The van der Waals surface area contributed by atoms with E-state index in [1.165, 1.54) is 0 Å². The molecular formula is C16H18ClN3. The van der Waals surface area contributed by atoms with Crippen molar-refractivity contribution in [3.8, 4) is 17.5 Å². The van der Waals surface area contributed by atoms with Gasteiger partial charge in [-0.15, -0.1) is 0 Å². The Kier molecular flexibility index (Phi) is 5.20. The van der Waals surface area contributed by atoms with Crippen LogP contribution in [0, 0.1) is 11.3 Å². The fourth-order valence-corrected chi connectivity index (χ4v) is 2.46. The van der Waals surface area contributed by atoms with Crippen molar-refractivity contribution in [2.75, 3.05) is 0 Å². The summed E-state index contributed by atoms with van der Waals surface area (Å²) in [6, 6.07) is 12.2. The molecule has 0 aliphatic rings. The number of hydrogen-bond acceptors (Lipinski definition) is 2. The average molecular weight is 288 g/mol. The van der Waals surface area contributed by atoms with Crippen molar-refractivity contribution in [3.63, 3.8) is 0 Å². The summed E-state index contributed by atoms with van der Waals surface area (Å²) < 4.78 is 1.95. The second-order valence-electron chi connectivity index (χ2n) is 4.70. The number of imidazole rings is 1. The first-order chi connectivity index (χ1) is 9.77. The zero-order chi connectivity index (χ0) is 14.4. The molecule has 2 aromatic rings. The SMILES string of the molecule is CCCCc1nc(-c2ccccc2)n(CCC#N)c1Cl. The van der Waals surface area contributed by atoms with Crippen LogP contribution in [0.2, 0.25) is 5.15 Å². The van der Waals surface area contributed by atoms with Crippen LogP contribution in [0.5, 0.6) is 0 Å². The Morgan fingerprint density at radius 2 is 2.05 bits per heavy atom. The van der Waals surface area contributed by atoms with Crippen molar-refractivity contribution in [1.82, 2.24) is 9.55 Å². The van der Waals surface area contributed by atoms with Crippen molar-refractivity contribution in [3.05, 3.63) is 41.2 Å². The number of benzene rings is 1. The molecule has 0 amide bonds. The summed E-state index contributed by atoms with van der Waals surface area (Å²) in [5.41, 5.74) is 1.97. The summed E-state index contributed by atoms with van der Waals surface area (Å²) in [4.78, 5) is 4.69. The molecule has 0 aliphatic heterocycles. The molecule has 104 valence electrons. The Morgan fingerprint density at radius 1 is 1.30 bits per heavy atom. The summed E-state index contributed by atoms with van der Waals surface area (Å²) in [6.07, 6.45) is 3.50. The first kappa shape index (κ1) is 14.6. The molecule has 0 N–H and O–H groups in total. The Hall–Kier alpha value is -1.79. The van der Waals surface area contributed by atoms with Crippen LogP contribution in [0.1, 0.15) is 31.9 Å². The van der Waals surface area contributed by atoms with Gasteiger partial charge in [-0.3, -0.25) is 0 Å². The Bertz CT molecular complexity index is 596. The van der Waals surface area contributed by atoms with Crippen LogP contribution >= 0.6 is 11.6 Å². The molecule has 0 fully saturated rings. The molecule has 0 atom stereocenters. The lowest BCUT2D eigenvalue weighted by Crippen LogP contribution is -2.00. The first-order valence-electron chi connectivity index (χ1n) is 6.95. The van der Waals surface area contributed by atoms with Crippen LogP contribution in [0.25, 0.3) is 11.4 Å². The molecule has 0 saturated heterocycles. The molecule has 3 nitrogen and oxygen atoms in total. The highest BCUT2D eigenvalue weighted by atomic mass is 35.5. The minimum atomic E-state index is 0.434. The quantitative estimate of drug-likeness (QED) is 0.787. The number of aryl methyl sites for hydroxylation is 1. The average Bonchev–Trinajstić information content (AvgIpc) is 2.80. The normalized spacial score (nSPS) is 10.4. The topological polar surface area (TPSA) is 41.6 Å². The van der Waals surface area contributed by atoms with E-state index in [4.69, 9.17) is 21.8 Å². The standard InChI is InChI=1S/C16H18ClN3/c1-2-3-10-14-15(17)20(12-7-11-18)16(19-14)13-8-5-4-6-9-13/h4-6,8-9H,2-3,7,10,12H2,1H3. The van der Waals surface area contributed by atoms with Crippen LogP contribution in [-0.4, -0.2) is 9.55 Å². The maximum atomic E-state index is 8.80. The molecule has 0 bridgehead atoms. The largest absolute Gasteiger partial charge is 0.314 e. The predicted molar refractivity (Wildman–Crippen MR) is 81.5 cm³/mol. The maximum absolute atomic E-state index is 8.80. The molecule has 0 aliphatic carbocycles. The molecule has 1 heterocycles. The van der Waals surface area contributed by atoms with E-state index >= 15 is 0 Å². The van der Waals surface area contributed by atoms with E-state index in [0.717, 1.165) is 36.3 Å². The van der Waals surface area contributed by atoms with Gasteiger partial charge >= 0.3 is 0 Å². The minimum absolute atomic E-state index is 0.434. The van der Waals surface area contributed by atoms with Crippen LogP contribution in [0.3, 0.4) is 0 Å². The van der Waals surface area contributed by atoms with Crippen molar-refractivity contribution in [2.45, 2.75) is 39.2 Å². The summed E-state index contributed by atoms with van der Waals surface area (Å²) >= 11 is 6.44. The molecule has 4 heteroatoms. The van der Waals surface area contributed by atoms with E-state index in [2.05, 4.69) is 13.0 Å². The minimum Gasteiger partial charge on any atom is -0.314 e. The highest BCUT2D eigenvalue weighted by Crippen LogP contribution is 2.27. The van der Waals surface area contributed by atoms with Gasteiger partial charge in [-0.2, -0.15) is 5.26 Å². The van der Waals surface area contributed by atoms with Crippen LogP contribution in [-0.2, 0) is 13.0 Å². The van der Waals surface area contributed by atoms with E-state index < -0.39 is 0 Å². The molecular weight excluding hydrogens is 270 g/mol. The van der Waals surface area contributed by atoms with E-state index in [1.807, 2.05) is 34.9 Å². The molecule has 20 heavy (non-hydrogen) atoms. The zero-order valence-electron chi connectivity index (χ0n) is 11.6. The maximum Gasteiger partial charge on any atom is 0.141 e. The van der Waals surface area contributed by atoms with Gasteiger partial charge in [0, 0.05) is 12.1 Å². The monoisotopic (exact) mass is 287 g/mol. The van der Waals surface area contributed by atoms with Gasteiger partial charge in [0.2, 0.25) is 0 Å². The Morgan fingerprint density at radius 3 is 2.70 bits per heavy atom. The highest BCUT2D eigenvalue weighted by Gasteiger charge is 2.16. The predicted octanol–water partition coefficient (Wildman–Crippen LogP) is 4.46. The molecule has 0 radical (unpaired) electrons. The van der Waals surface area contributed by atoms with E-state index in [0.29, 0.717) is 18.1 Å². The van der Waals surface area contributed by atoms with Crippen molar-refractivity contribution >= 4 is 11.6 Å². The first-order valence-corrected chi connectivity index (χ1v) is 7.33. The lowest BCUT2D eigenvalue weighted by atomic mass is 10.2. The van der Waals surface area contributed by atoms with Gasteiger partial charge in [0.1, 0.15) is 11.0 Å². The third kappa shape index (κ3) is 3.20. The zero-order valence-corrected chi connectivity index (χ0v) is 12.4. The molecule has 1 aromatic carbocycles. The van der Waals surface area contributed by atoms with Crippen LogP contribution < -0.4 is 0 Å². The van der Waals surface area contributed by atoms with E-state index in [1.54, 1.807) is 0 Å². The molecule has 0 unspecified atom stereocenters. The van der Waals surface area contributed by atoms with Gasteiger partial charge in [-0.1, -0.05) is 55.3 Å². The van der Waals surface area contributed by atoms with Gasteiger partial charge < -0.3 is 4.57 Å². The number of hydrogen-bond donors (Lipinski definition) is 0. The van der Waals surface area contributed by atoms with E-state index in [-0.39, 0.29) is 0 Å². The van der Waals surface area contributed by atoms with Crippen molar-refractivity contribution in [2.24, 2.45) is 0 Å². The van der Waals surface area contributed by atoms with Gasteiger partial charge in [0.05, 0.1) is 18.2 Å². The molecule has 0 spiro atoms. The highest BCUT2D eigenvalue weighted by molar-refractivity contribution is 6.30. The van der Waals surface area contributed by atoms with Crippen molar-refractivity contribution < 1.29 is 0 Å². The van der Waals surface area contributed by atoms with Crippen LogP contribution in [0.15, 0.2) is 30.3 Å². The number of rotatable bonds is 6. The molecule has 2 rings (SSSR count). The summed E-state index contributed by atoms with van der Waals surface area (Å²) in [6.45, 7) is 2.73. The number of nitriles is 1. The number of aromatic nitrogens is 2. The second kappa shape index (κ2) is 7.12. The Labute approximate surface area is 124 Å². The van der Waals surface area contributed by atoms with Gasteiger partial charge in [-0.05, 0) is 12.8 Å². The summed E-state index contributed by atoms with van der Waals surface area (Å²) in [5, 5.41) is 9.47. The molecule has 1 aromatic heterocycles. The fourth-order valence-electron chi connectivity index (χ4n) is 2.16.